The van der Waals surface area contributed by atoms with Crippen LogP contribution in [0, 0.1) is 0 Å². The van der Waals surface area contributed by atoms with Crippen molar-refractivity contribution in [2.45, 2.75) is 18.2 Å². The second kappa shape index (κ2) is 4.48. The molecule has 0 aromatic carbocycles. The fourth-order valence-electron chi connectivity index (χ4n) is 1.95. The van der Waals surface area contributed by atoms with E-state index < -0.39 is 36.4 Å². The van der Waals surface area contributed by atoms with Crippen LogP contribution in [-0.2, 0) is 0 Å². The number of nitrogen functional groups attached to an aromatic ring is 1. The van der Waals surface area contributed by atoms with Crippen LogP contribution >= 0.6 is 0 Å². The lowest BCUT2D eigenvalue weighted by Crippen LogP contribution is -2.36. The first-order valence-corrected chi connectivity index (χ1v) is 5.17. The molecule has 1 aromatic heterocycles. The minimum atomic E-state index is -1.56. The quantitative estimate of drug-likeness (QED) is 0.502. The van der Waals surface area contributed by atoms with E-state index in [4.69, 9.17) is 10.8 Å². The summed E-state index contributed by atoms with van der Waals surface area (Å²) in [7, 11) is 0. The fourth-order valence-corrected chi connectivity index (χ4v) is 1.95. The number of nitrogens with zero attached hydrogens (tertiary/aromatic N) is 2. The number of aliphatic hydroxyl groups excluding tert-OH is 3. The van der Waals surface area contributed by atoms with Crippen molar-refractivity contribution in [1.29, 1.82) is 0 Å². The Morgan fingerprint density at radius 3 is 2.67 bits per heavy atom. The molecule has 0 radical (unpaired) electrons. The van der Waals surface area contributed by atoms with Gasteiger partial charge in [0.1, 0.15) is 29.9 Å². The molecule has 18 heavy (non-hydrogen) atoms. The van der Waals surface area contributed by atoms with Gasteiger partial charge in [0.25, 0.3) is 0 Å². The Hall–Kier alpha value is -1.77. The normalized spacial score (nSPS) is 27.9. The number of hydrogen-bond donors (Lipinski definition) is 4. The van der Waals surface area contributed by atoms with Crippen LogP contribution < -0.4 is 11.4 Å². The third kappa shape index (κ3) is 1.80. The second-order valence-electron chi connectivity index (χ2n) is 3.95. The summed E-state index contributed by atoms with van der Waals surface area (Å²) in [6.45, 7) is -0.738. The Morgan fingerprint density at radius 1 is 1.50 bits per heavy atom. The third-order valence-electron chi connectivity index (χ3n) is 2.89. The summed E-state index contributed by atoms with van der Waals surface area (Å²) >= 11 is 0. The smallest absolute Gasteiger partial charge is 0.350 e. The van der Waals surface area contributed by atoms with Crippen LogP contribution in [0.4, 0.5) is 10.2 Å². The van der Waals surface area contributed by atoms with E-state index in [2.05, 4.69) is 4.98 Å². The van der Waals surface area contributed by atoms with Crippen LogP contribution in [0.3, 0.4) is 0 Å². The van der Waals surface area contributed by atoms with Crippen LogP contribution in [0.5, 0.6) is 0 Å². The molecular weight excluding hydrogens is 245 g/mol. The lowest BCUT2D eigenvalue weighted by molar-refractivity contribution is 0.0244. The van der Waals surface area contributed by atoms with E-state index in [1.807, 2.05) is 0 Å². The number of aliphatic hydroxyl groups is 3. The van der Waals surface area contributed by atoms with Crippen molar-refractivity contribution in [2.24, 2.45) is 0 Å². The van der Waals surface area contributed by atoms with Gasteiger partial charge in [-0.2, -0.15) is 4.98 Å². The summed E-state index contributed by atoms with van der Waals surface area (Å²) in [5, 5.41) is 28.2. The number of aromatic nitrogens is 2. The molecule has 0 amide bonds. The van der Waals surface area contributed by atoms with E-state index in [1.165, 1.54) is 12.3 Å². The maximum atomic E-state index is 13.9. The van der Waals surface area contributed by atoms with E-state index in [0.29, 0.717) is 0 Å². The van der Waals surface area contributed by atoms with Crippen molar-refractivity contribution in [3.8, 4) is 0 Å². The molecule has 0 saturated heterocycles. The third-order valence-corrected chi connectivity index (χ3v) is 2.89. The molecule has 1 aromatic rings. The van der Waals surface area contributed by atoms with E-state index >= 15 is 0 Å². The van der Waals surface area contributed by atoms with Crippen molar-refractivity contribution in [1.82, 2.24) is 9.55 Å². The average molecular weight is 257 g/mol. The zero-order chi connectivity index (χ0) is 13.4. The van der Waals surface area contributed by atoms with Crippen LogP contribution in [0.1, 0.15) is 6.04 Å². The molecule has 0 bridgehead atoms. The minimum absolute atomic E-state index is 0.0314. The van der Waals surface area contributed by atoms with Gasteiger partial charge in [-0.25, -0.2) is 9.18 Å². The van der Waals surface area contributed by atoms with E-state index in [9.17, 15) is 19.4 Å². The summed E-state index contributed by atoms with van der Waals surface area (Å²) in [6.07, 6.45) is -1.94. The summed E-state index contributed by atoms with van der Waals surface area (Å²) in [5.74, 6) is -0.970. The highest BCUT2D eigenvalue weighted by atomic mass is 19.1. The maximum Gasteiger partial charge on any atom is 0.350 e. The molecule has 8 heteroatoms. The highest BCUT2D eigenvalue weighted by molar-refractivity contribution is 5.30. The van der Waals surface area contributed by atoms with Crippen molar-refractivity contribution in [3.63, 3.8) is 0 Å². The Kier molecular flexibility index (Phi) is 3.16. The van der Waals surface area contributed by atoms with Gasteiger partial charge in [-0.1, -0.05) is 0 Å². The lowest BCUT2D eigenvalue weighted by Gasteiger charge is -2.19. The topological polar surface area (TPSA) is 122 Å². The van der Waals surface area contributed by atoms with Crippen LogP contribution in [-0.4, -0.2) is 43.7 Å². The summed E-state index contributed by atoms with van der Waals surface area (Å²) in [6, 6.07) is -0.132. The van der Waals surface area contributed by atoms with Gasteiger partial charge in [0.15, 0.2) is 0 Å². The molecule has 98 valence electrons. The molecule has 0 saturated carbocycles. The molecule has 1 aliphatic carbocycles. The Bertz CT molecular complexity index is 556. The lowest BCUT2D eigenvalue weighted by atomic mass is 10.1. The number of anilines is 1. The van der Waals surface area contributed by atoms with Gasteiger partial charge in [0.2, 0.25) is 0 Å². The zero-order valence-electron chi connectivity index (χ0n) is 9.19. The maximum absolute atomic E-state index is 13.9. The molecule has 1 aliphatic rings. The molecule has 1 heterocycles. The fraction of sp³-hybridized carbons (Fsp3) is 0.400. The predicted octanol–water partition coefficient (Wildman–Crippen LogP) is -1.68. The van der Waals surface area contributed by atoms with E-state index in [0.717, 1.165) is 4.57 Å². The molecule has 0 fully saturated rings. The van der Waals surface area contributed by atoms with Crippen molar-refractivity contribution >= 4 is 5.82 Å². The van der Waals surface area contributed by atoms with E-state index in [1.54, 1.807) is 0 Å². The van der Waals surface area contributed by atoms with E-state index in [-0.39, 0.29) is 11.4 Å². The molecule has 3 atom stereocenters. The first-order chi connectivity index (χ1) is 8.47. The zero-order valence-corrected chi connectivity index (χ0v) is 9.19. The molecule has 7 nitrogen and oxygen atoms in total. The Labute approximate surface area is 101 Å². The minimum Gasteiger partial charge on any atom is -0.392 e. The van der Waals surface area contributed by atoms with Gasteiger partial charge in [-0.05, 0) is 6.07 Å². The molecular formula is C10H12FN3O4. The predicted molar refractivity (Wildman–Crippen MR) is 59.2 cm³/mol. The summed E-state index contributed by atoms with van der Waals surface area (Å²) < 4.78 is 14.7. The van der Waals surface area contributed by atoms with Gasteiger partial charge >= 0.3 is 5.69 Å². The van der Waals surface area contributed by atoms with Crippen molar-refractivity contribution < 1.29 is 19.7 Å². The SMILES string of the molecule is Nc1ccn([C@@H]2C(F)=C(CO)[C@H](O)C2O)c(=O)n1. The van der Waals surface area contributed by atoms with Crippen LogP contribution in [0.2, 0.25) is 0 Å². The highest BCUT2D eigenvalue weighted by Gasteiger charge is 2.43. The summed E-state index contributed by atoms with van der Waals surface area (Å²) in [5.41, 5.74) is 4.11. The monoisotopic (exact) mass is 257 g/mol. The molecule has 0 aliphatic heterocycles. The van der Waals surface area contributed by atoms with Gasteiger partial charge in [-0.15, -0.1) is 0 Å². The number of rotatable bonds is 2. The van der Waals surface area contributed by atoms with Crippen molar-refractivity contribution in [2.75, 3.05) is 12.3 Å². The molecule has 2 rings (SSSR count). The van der Waals surface area contributed by atoms with Gasteiger partial charge in [0, 0.05) is 11.8 Å². The van der Waals surface area contributed by atoms with Crippen molar-refractivity contribution in [3.05, 3.63) is 34.1 Å². The average Bonchev–Trinajstić information content (AvgIpc) is 2.52. The van der Waals surface area contributed by atoms with Gasteiger partial charge in [0.05, 0.1) is 6.61 Å². The molecule has 0 spiro atoms. The largest absolute Gasteiger partial charge is 0.392 e. The Balaban J connectivity index is 2.51. The number of halogens is 1. The highest BCUT2D eigenvalue weighted by Crippen LogP contribution is 2.36. The number of hydrogen-bond acceptors (Lipinski definition) is 6. The summed E-state index contributed by atoms with van der Waals surface area (Å²) in [4.78, 5) is 15.0. The van der Waals surface area contributed by atoms with Gasteiger partial charge < -0.3 is 21.1 Å². The first kappa shape index (κ1) is 12.7. The first-order valence-electron chi connectivity index (χ1n) is 5.17. The molecule has 1 unspecified atom stereocenters. The van der Waals surface area contributed by atoms with Gasteiger partial charge in [-0.3, -0.25) is 4.57 Å². The van der Waals surface area contributed by atoms with Crippen LogP contribution in [0.25, 0.3) is 0 Å². The van der Waals surface area contributed by atoms with Crippen LogP contribution in [0.15, 0.2) is 28.5 Å². The molecule has 5 N–H and O–H groups in total. The second-order valence-corrected chi connectivity index (χ2v) is 3.95. The standard InChI is InChI=1S/C10H12FN3O4/c11-6-4(3-15)8(16)9(17)7(6)14-2-1-5(12)13-10(14)18/h1-2,7-9,15-17H,3H2,(H2,12,13,18)/t7-,8+,9?/m1/s1. The Morgan fingerprint density at radius 2 is 2.17 bits per heavy atom. The number of nitrogens with two attached hydrogens (primary N) is 1.